The number of thioether (sulfide) groups is 2. The first kappa shape index (κ1) is 19.6. The van der Waals surface area contributed by atoms with Gasteiger partial charge in [0.15, 0.2) is 5.13 Å². The van der Waals surface area contributed by atoms with E-state index in [1.54, 1.807) is 34.9 Å². The molecule has 0 spiro atoms. The molecule has 7 heteroatoms. The maximum absolute atomic E-state index is 13.0. The van der Waals surface area contributed by atoms with E-state index in [-0.39, 0.29) is 5.91 Å². The number of hydrogen-bond donors (Lipinski definition) is 0. The number of carbonyl (C=O) groups excluding carboxylic acids is 1. The maximum Gasteiger partial charge on any atom is 0.255 e. The molecule has 1 saturated heterocycles. The molecular formula is C21H23N3OS3. The molecule has 1 aromatic heterocycles. The Balaban J connectivity index is 1.45. The van der Waals surface area contributed by atoms with Crippen LogP contribution in [0.1, 0.15) is 17.3 Å². The van der Waals surface area contributed by atoms with Crippen LogP contribution in [-0.2, 0) is 0 Å². The molecule has 1 aliphatic heterocycles. The predicted octanol–water partition coefficient (Wildman–Crippen LogP) is 5.09. The third-order valence-electron chi connectivity index (χ3n) is 4.84. The van der Waals surface area contributed by atoms with Gasteiger partial charge >= 0.3 is 0 Å². The summed E-state index contributed by atoms with van der Waals surface area (Å²) in [5.41, 5.74) is 1.88. The highest BCUT2D eigenvalue weighted by atomic mass is 32.2. The highest BCUT2D eigenvalue weighted by Gasteiger charge is 2.25. The van der Waals surface area contributed by atoms with Crippen molar-refractivity contribution in [2.24, 2.45) is 0 Å². The lowest BCUT2D eigenvalue weighted by molar-refractivity contribution is 0.0743. The molecule has 0 N–H and O–H groups in total. The quantitative estimate of drug-likeness (QED) is 0.528. The molecule has 4 nitrogen and oxygen atoms in total. The fourth-order valence-electron chi connectivity index (χ4n) is 3.35. The zero-order chi connectivity index (χ0) is 19.5. The van der Waals surface area contributed by atoms with E-state index in [1.165, 1.54) is 9.60 Å². The number of fused-ring (bicyclic) bond motifs is 1. The van der Waals surface area contributed by atoms with Crippen LogP contribution >= 0.6 is 34.9 Å². The number of thiazole rings is 1. The minimum Gasteiger partial charge on any atom is -0.345 e. The summed E-state index contributed by atoms with van der Waals surface area (Å²) in [5, 5.41) is 1.06. The molecular weight excluding hydrogens is 406 g/mol. The smallest absolute Gasteiger partial charge is 0.255 e. The van der Waals surface area contributed by atoms with E-state index in [2.05, 4.69) is 36.3 Å². The molecule has 0 unspecified atom stereocenters. The first-order valence-corrected chi connectivity index (χ1v) is 12.4. The minimum absolute atomic E-state index is 0.144. The first-order valence-electron chi connectivity index (χ1n) is 9.40. The monoisotopic (exact) mass is 429 g/mol. The van der Waals surface area contributed by atoms with E-state index in [0.717, 1.165) is 53.0 Å². The third-order valence-corrected chi connectivity index (χ3v) is 7.60. The highest BCUT2D eigenvalue weighted by molar-refractivity contribution is 7.99. The summed E-state index contributed by atoms with van der Waals surface area (Å²) in [6.07, 6.45) is 2.09. The van der Waals surface area contributed by atoms with Crippen molar-refractivity contribution >= 4 is 56.1 Å². The van der Waals surface area contributed by atoms with E-state index in [4.69, 9.17) is 4.98 Å². The molecule has 28 heavy (non-hydrogen) atoms. The number of amides is 1. The van der Waals surface area contributed by atoms with E-state index in [1.807, 2.05) is 29.2 Å². The van der Waals surface area contributed by atoms with Gasteiger partial charge in [-0.3, -0.25) is 4.79 Å². The molecule has 1 amide bonds. The lowest BCUT2D eigenvalue weighted by Gasteiger charge is -2.34. The standard InChI is InChI=1S/C21H23N3OS3/c1-3-27-18-7-5-4-6-16(18)20(25)23-10-12-24(13-11-23)21-22-17-9-8-15(26-2)14-19(17)28-21/h4-9,14H,3,10-13H2,1-2H3. The van der Waals surface area contributed by atoms with Crippen molar-refractivity contribution in [3.05, 3.63) is 48.0 Å². The number of hydrogen-bond acceptors (Lipinski definition) is 6. The Kier molecular flexibility index (Phi) is 6.13. The highest BCUT2D eigenvalue weighted by Crippen LogP contribution is 2.32. The second kappa shape index (κ2) is 8.76. The molecule has 0 radical (unpaired) electrons. The zero-order valence-corrected chi connectivity index (χ0v) is 18.5. The third kappa shape index (κ3) is 4.02. The Hall–Kier alpha value is -1.70. The van der Waals surface area contributed by atoms with Crippen LogP contribution in [0.3, 0.4) is 0 Å². The molecule has 4 rings (SSSR count). The molecule has 146 valence electrons. The van der Waals surface area contributed by atoms with Crippen molar-refractivity contribution in [2.45, 2.75) is 16.7 Å². The molecule has 0 atom stereocenters. The van der Waals surface area contributed by atoms with Crippen LogP contribution in [0.2, 0.25) is 0 Å². The average Bonchev–Trinajstić information content (AvgIpc) is 3.17. The van der Waals surface area contributed by atoms with Gasteiger partial charge in [0.25, 0.3) is 5.91 Å². The SMILES string of the molecule is CCSc1ccccc1C(=O)N1CCN(c2nc3ccc(SC)cc3s2)CC1. The summed E-state index contributed by atoms with van der Waals surface area (Å²) in [7, 11) is 0. The fraction of sp³-hybridized carbons (Fsp3) is 0.333. The molecule has 2 aromatic carbocycles. The largest absolute Gasteiger partial charge is 0.345 e. The summed E-state index contributed by atoms with van der Waals surface area (Å²) in [4.78, 5) is 24.5. The van der Waals surface area contributed by atoms with Gasteiger partial charge in [0.2, 0.25) is 0 Å². The molecule has 0 saturated carbocycles. The van der Waals surface area contributed by atoms with Crippen LogP contribution < -0.4 is 4.90 Å². The van der Waals surface area contributed by atoms with Crippen molar-refractivity contribution in [2.75, 3.05) is 43.1 Å². The van der Waals surface area contributed by atoms with Crippen LogP contribution in [0.25, 0.3) is 10.2 Å². The fourth-order valence-corrected chi connectivity index (χ4v) is 5.72. The summed E-state index contributed by atoms with van der Waals surface area (Å²) in [5.74, 6) is 1.11. The molecule has 0 bridgehead atoms. The van der Waals surface area contributed by atoms with E-state index in [9.17, 15) is 4.79 Å². The van der Waals surface area contributed by atoms with Gasteiger partial charge in [0.05, 0.1) is 15.8 Å². The summed E-state index contributed by atoms with van der Waals surface area (Å²) in [6, 6.07) is 14.4. The number of piperazine rings is 1. The van der Waals surface area contributed by atoms with Gasteiger partial charge in [-0.1, -0.05) is 30.4 Å². The van der Waals surface area contributed by atoms with Crippen molar-refractivity contribution < 1.29 is 4.79 Å². The van der Waals surface area contributed by atoms with Crippen LogP contribution in [0.5, 0.6) is 0 Å². The molecule has 1 fully saturated rings. The van der Waals surface area contributed by atoms with Gasteiger partial charge < -0.3 is 9.80 Å². The van der Waals surface area contributed by atoms with Gasteiger partial charge in [-0.2, -0.15) is 0 Å². The Morgan fingerprint density at radius 2 is 1.93 bits per heavy atom. The second-order valence-electron chi connectivity index (χ2n) is 6.54. The maximum atomic E-state index is 13.0. The van der Waals surface area contributed by atoms with E-state index >= 15 is 0 Å². The first-order chi connectivity index (χ1) is 13.7. The van der Waals surface area contributed by atoms with Crippen molar-refractivity contribution in [1.82, 2.24) is 9.88 Å². The Bertz CT molecular complexity index is 980. The lowest BCUT2D eigenvalue weighted by Crippen LogP contribution is -2.48. The van der Waals surface area contributed by atoms with Gasteiger partial charge in [-0.05, 0) is 42.3 Å². The van der Waals surface area contributed by atoms with E-state index in [0.29, 0.717) is 0 Å². The molecule has 0 aliphatic carbocycles. The van der Waals surface area contributed by atoms with Crippen LogP contribution in [0.4, 0.5) is 5.13 Å². The van der Waals surface area contributed by atoms with Gasteiger partial charge in [-0.25, -0.2) is 4.98 Å². The number of carbonyl (C=O) groups is 1. The Morgan fingerprint density at radius 1 is 1.14 bits per heavy atom. The molecule has 1 aliphatic rings. The summed E-state index contributed by atoms with van der Waals surface area (Å²) in [6.45, 7) is 5.23. The Labute approximate surface area is 178 Å². The van der Waals surface area contributed by atoms with Gasteiger partial charge in [0, 0.05) is 36.0 Å². The predicted molar refractivity (Wildman–Crippen MR) is 122 cm³/mol. The topological polar surface area (TPSA) is 36.4 Å². The number of rotatable bonds is 5. The van der Waals surface area contributed by atoms with Crippen molar-refractivity contribution in [3.8, 4) is 0 Å². The average molecular weight is 430 g/mol. The lowest BCUT2D eigenvalue weighted by atomic mass is 10.2. The number of aromatic nitrogens is 1. The zero-order valence-electron chi connectivity index (χ0n) is 16.1. The van der Waals surface area contributed by atoms with Crippen LogP contribution in [0, 0.1) is 0 Å². The van der Waals surface area contributed by atoms with Crippen LogP contribution in [0.15, 0.2) is 52.3 Å². The molecule has 3 aromatic rings. The number of nitrogens with zero attached hydrogens (tertiary/aromatic N) is 3. The van der Waals surface area contributed by atoms with Crippen LogP contribution in [-0.4, -0.2) is 54.0 Å². The van der Waals surface area contributed by atoms with E-state index < -0.39 is 0 Å². The van der Waals surface area contributed by atoms with Gasteiger partial charge in [0.1, 0.15) is 0 Å². The van der Waals surface area contributed by atoms with Crippen molar-refractivity contribution in [3.63, 3.8) is 0 Å². The summed E-state index contributed by atoms with van der Waals surface area (Å²) >= 11 is 5.23. The normalized spacial score (nSPS) is 14.6. The Morgan fingerprint density at radius 3 is 2.68 bits per heavy atom. The minimum atomic E-state index is 0.144. The number of benzene rings is 2. The number of anilines is 1. The van der Waals surface area contributed by atoms with Crippen molar-refractivity contribution in [1.29, 1.82) is 0 Å². The second-order valence-corrected chi connectivity index (χ2v) is 9.73. The molecule has 2 heterocycles. The summed E-state index contributed by atoms with van der Waals surface area (Å²) < 4.78 is 1.23. The van der Waals surface area contributed by atoms with Gasteiger partial charge in [-0.15, -0.1) is 23.5 Å².